The van der Waals surface area contributed by atoms with E-state index in [1.807, 2.05) is 25.1 Å². The summed E-state index contributed by atoms with van der Waals surface area (Å²) in [6.07, 6.45) is 3.21. The molecule has 2 rings (SSSR count). The second-order valence-electron chi connectivity index (χ2n) is 5.49. The maximum Gasteiger partial charge on any atom is 0.124 e. The maximum atomic E-state index is 10.4. The number of phenols is 1. The van der Waals surface area contributed by atoms with E-state index in [0.717, 1.165) is 56.7 Å². The van der Waals surface area contributed by atoms with Crippen molar-refractivity contribution in [1.29, 1.82) is 0 Å². The van der Waals surface area contributed by atoms with Crippen LogP contribution in [0.25, 0.3) is 0 Å². The van der Waals surface area contributed by atoms with Crippen LogP contribution >= 0.6 is 0 Å². The summed E-state index contributed by atoms with van der Waals surface area (Å²) in [4.78, 5) is 2.30. The molecule has 0 aliphatic carbocycles. The quantitative estimate of drug-likeness (QED) is 0.681. The Bertz CT molecular complexity index is 510. The topological polar surface area (TPSA) is 32.7 Å². The number of hydrogen-bond donors (Lipinski definition) is 1. The van der Waals surface area contributed by atoms with E-state index in [9.17, 15) is 5.11 Å². The summed E-state index contributed by atoms with van der Waals surface area (Å²) in [7, 11) is 0. The lowest BCUT2D eigenvalue weighted by atomic mass is 10.0. The molecular weight excluding hydrogens is 262 g/mol. The Kier molecular flexibility index (Phi) is 6.10. The van der Waals surface area contributed by atoms with Gasteiger partial charge in [0.15, 0.2) is 0 Å². The molecule has 0 aromatic heterocycles. The van der Waals surface area contributed by atoms with Gasteiger partial charge in [-0.1, -0.05) is 37.5 Å². The lowest BCUT2D eigenvalue weighted by Gasteiger charge is -2.32. The standard InChI is InChI=1S/C18H25NO2/c1-3-4-5-6-10-17(19-11-13-21-14-12-19)16-9-7-8-15(2)18(16)20/h7-9,17,20H,3-5,11-14H2,1-2H3. The summed E-state index contributed by atoms with van der Waals surface area (Å²) in [6.45, 7) is 7.30. The van der Waals surface area contributed by atoms with Gasteiger partial charge in [0, 0.05) is 25.1 Å². The zero-order valence-corrected chi connectivity index (χ0v) is 13.1. The minimum atomic E-state index is -0.0364. The smallest absolute Gasteiger partial charge is 0.124 e. The van der Waals surface area contributed by atoms with Gasteiger partial charge in [0.1, 0.15) is 11.8 Å². The molecule has 1 aromatic carbocycles. The van der Waals surface area contributed by atoms with Crippen molar-refractivity contribution in [2.45, 2.75) is 39.2 Å². The van der Waals surface area contributed by atoms with E-state index in [1.54, 1.807) is 0 Å². The Morgan fingerprint density at radius 2 is 2.10 bits per heavy atom. The summed E-state index contributed by atoms with van der Waals surface area (Å²) >= 11 is 0. The highest BCUT2D eigenvalue weighted by Crippen LogP contribution is 2.31. The zero-order chi connectivity index (χ0) is 15.1. The molecule has 1 atom stereocenters. The third kappa shape index (κ3) is 4.23. The second-order valence-corrected chi connectivity index (χ2v) is 5.49. The van der Waals surface area contributed by atoms with Gasteiger partial charge in [0.2, 0.25) is 0 Å². The van der Waals surface area contributed by atoms with E-state index in [0.29, 0.717) is 5.75 Å². The van der Waals surface area contributed by atoms with Crippen LogP contribution in [-0.2, 0) is 4.74 Å². The summed E-state index contributed by atoms with van der Waals surface area (Å²) < 4.78 is 5.43. The predicted molar refractivity (Wildman–Crippen MR) is 85.3 cm³/mol. The Labute approximate surface area is 127 Å². The molecule has 0 saturated carbocycles. The summed E-state index contributed by atoms with van der Waals surface area (Å²) in [6, 6.07) is 5.87. The van der Waals surface area contributed by atoms with E-state index in [4.69, 9.17) is 4.74 Å². The minimum Gasteiger partial charge on any atom is -0.507 e. The molecule has 0 radical (unpaired) electrons. The average molecular weight is 287 g/mol. The molecule has 0 spiro atoms. The molecule has 21 heavy (non-hydrogen) atoms. The van der Waals surface area contributed by atoms with Gasteiger partial charge in [-0.3, -0.25) is 4.90 Å². The molecule has 1 fully saturated rings. The largest absolute Gasteiger partial charge is 0.507 e. The Morgan fingerprint density at radius 3 is 2.81 bits per heavy atom. The lowest BCUT2D eigenvalue weighted by molar-refractivity contribution is 0.0266. The first kappa shape index (κ1) is 15.9. The van der Waals surface area contributed by atoms with Gasteiger partial charge < -0.3 is 9.84 Å². The number of para-hydroxylation sites is 1. The van der Waals surface area contributed by atoms with Crippen molar-refractivity contribution >= 4 is 0 Å². The van der Waals surface area contributed by atoms with E-state index in [2.05, 4.69) is 23.7 Å². The van der Waals surface area contributed by atoms with Crippen LogP contribution in [-0.4, -0.2) is 36.3 Å². The van der Waals surface area contributed by atoms with Gasteiger partial charge >= 0.3 is 0 Å². The molecular formula is C18H25NO2. The van der Waals surface area contributed by atoms with Gasteiger partial charge in [-0.15, -0.1) is 5.92 Å². The number of hydrogen-bond acceptors (Lipinski definition) is 3. The van der Waals surface area contributed by atoms with Gasteiger partial charge in [0.25, 0.3) is 0 Å². The summed E-state index contributed by atoms with van der Waals surface area (Å²) in [5.41, 5.74) is 1.82. The number of ether oxygens (including phenoxy) is 1. The zero-order valence-electron chi connectivity index (χ0n) is 13.1. The third-order valence-corrected chi connectivity index (χ3v) is 3.87. The fourth-order valence-corrected chi connectivity index (χ4v) is 2.54. The fourth-order valence-electron chi connectivity index (χ4n) is 2.54. The first-order valence-corrected chi connectivity index (χ1v) is 7.82. The molecule has 1 aromatic rings. The highest BCUT2D eigenvalue weighted by atomic mass is 16.5. The first-order chi connectivity index (χ1) is 10.2. The molecule has 1 N–H and O–H groups in total. The van der Waals surface area contributed by atoms with Crippen molar-refractivity contribution in [2.24, 2.45) is 0 Å². The molecule has 1 aliphatic rings. The van der Waals surface area contributed by atoms with Crippen LogP contribution in [0, 0.1) is 18.8 Å². The molecule has 0 amide bonds. The Morgan fingerprint density at radius 1 is 1.33 bits per heavy atom. The first-order valence-electron chi connectivity index (χ1n) is 7.82. The van der Waals surface area contributed by atoms with E-state index in [-0.39, 0.29) is 6.04 Å². The number of aryl methyl sites for hydroxylation is 1. The van der Waals surface area contributed by atoms with Crippen molar-refractivity contribution in [2.75, 3.05) is 26.3 Å². The normalized spacial score (nSPS) is 17.0. The molecule has 1 saturated heterocycles. The van der Waals surface area contributed by atoms with Crippen molar-refractivity contribution < 1.29 is 9.84 Å². The van der Waals surface area contributed by atoms with Crippen LogP contribution < -0.4 is 0 Å². The van der Waals surface area contributed by atoms with Crippen LogP contribution in [0.15, 0.2) is 18.2 Å². The Balaban J connectivity index is 2.25. The van der Waals surface area contributed by atoms with Crippen molar-refractivity contribution in [3.05, 3.63) is 29.3 Å². The van der Waals surface area contributed by atoms with Gasteiger partial charge in [-0.2, -0.15) is 0 Å². The molecule has 1 aliphatic heterocycles. The predicted octanol–water partition coefficient (Wildman–Crippen LogP) is 3.27. The minimum absolute atomic E-state index is 0.0364. The van der Waals surface area contributed by atoms with Crippen LogP contribution in [0.3, 0.4) is 0 Å². The lowest BCUT2D eigenvalue weighted by Crippen LogP contribution is -2.38. The number of unbranched alkanes of at least 4 members (excludes halogenated alkanes) is 2. The van der Waals surface area contributed by atoms with Crippen LogP contribution in [0.5, 0.6) is 5.75 Å². The van der Waals surface area contributed by atoms with E-state index < -0.39 is 0 Å². The second kappa shape index (κ2) is 8.07. The van der Waals surface area contributed by atoms with Gasteiger partial charge in [0.05, 0.1) is 13.2 Å². The van der Waals surface area contributed by atoms with Crippen LogP contribution in [0.1, 0.15) is 43.4 Å². The number of benzene rings is 1. The summed E-state index contributed by atoms with van der Waals surface area (Å²) in [5, 5.41) is 10.4. The van der Waals surface area contributed by atoms with Gasteiger partial charge in [-0.25, -0.2) is 0 Å². The number of phenolic OH excluding ortho intramolecular Hbond substituents is 1. The molecule has 1 unspecified atom stereocenters. The number of nitrogens with zero attached hydrogens (tertiary/aromatic N) is 1. The van der Waals surface area contributed by atoms with Crippen molar-refractivity contribution in [1.82, 2.24) is 4.90 Å². The van der Waals surface area contributed by atoms with Crippen molar-refractivity contribution in [3.8, 4) is 17.6 Å². The SMILES string of the molecule is CCCCC#CC(c1cccc(C)c1O)N1CCOCC1. The third-order valence-electron chi connectivity index (χ3n) is 3.87. The number of morpholine rings is 1. The maximum absolute atomic E-state index is 10.4. The van der Waals surface area contributed by atoms with Crippen LogP contribution in [0.2, 0.25) is 0 Å². The monoisotopic (exact) mass is 287 g/mol. The Hall–Kier alpha value is -1.50. The highest BCUT2D eigenvalue weighted by molar-refractivity contribution is 5.44. The molecule has 3 heteroatoms. The van der Waals surface area contributed by atoms with E-state index in [1.165, 1.54) is 0 Å². The summed E-state index contributed by atoms with van der Waals surface area (Å²) in [5.74, 6) is 7.03. The molecule has 3 nitrogen and oxygen atoms in total. The molecule has 114 valence electrons. The van der Waals surface area contributed by atoms with Crippen molar-refractivity contribution in [3.63, 3.8) is 0 Å². The highest BCUT2D eigenvalue weighted by Gasteiger charge is 2.23. The average Bonchev–Trinajstić information content (AvgIpc) is 2.52. The van der Waals surface area contributed by atoms with E-state index >= 15 is 0 Å². The molecule has 0 bridgehead atoms. The van der Waals surface area contributed by atoms with Gasteiger partial charge in [-0.05, 0) is 18.9 Å². The number of aromatic hydroxyl groups is 1. The number of rotatable bonds is 4. The fraction of sp³-hybridized carbons (Fsp3) is 0.556. The molecule has 1 heterocycles. The van der Waals surface area contributed by atoms with Crippen LogP contribution in [0.4, 0.5) is 0 Å².